The van der Waals surface area contributed by atoms with E-state index in [1.807, 2.05) is 0 Å². The molecule has 2 aromatic heterocycles. The Balaban J connectivity index is 1.22. The number of rotatable bonds is 5. The first-order valence-electron chi connectivity index (χ1n) is 12.2. The summed E-state index contributed by atoms with van der Waals surface area (Å²) >= 11 is 0. The minimum absolute atomic E-state index is 0.102. The van der Waals surface area contributed by atoms with Crippen LogP contribution in [-0.4, -0.2) is 74.2 Å². The summed E-state index contributed by atoms with van der Waals surface area (Å²) in [5.74, 6) is 1.40. The van der Waals surface area contributed by atoms with Crippen LogP contribution in [0.5, 0.6) is 0 Å². The Hall–Kier alpha value is -2.80. The van der Waals surface area contributed by atoms with Gasteiger partial charge in [-0.05, 0) is 56.3 Å². The second kappa shape index (κ2) is 7.85. The summed E-state index contributed by atoms with van der Waals surface area (Å²) in [6.07, 6.45) is 10.8. The highest BCUT2D eigenvalue weighted by molar-refractivity contribution is 7.89. The maximum absolute atomic E-state index is 13.4. The number of hydrogen-bond acceptors (Lipinski definition) is 7. The molecule has 0 radical (unpaired) electrons. The summed E-state index contributed by atoms with van der Waals surface area (Å²) < 4.78 is 30.2. The summed E-state index contributed by atoms with van der Waals surface area (Å²) in [6, 6.07) is 0. The van der Waals surface area contributed by atoms with Crippen molar-refractivity contribution < 1.29 is 18.1 Å². The van der Waals surface area contributed by atoms with E-state index in [2.05, 4.69) is 10.2 Å². The van der Waals surface area contributed by atoms with Crippen LogP contribution in [0, 0.1) is 27.9 Å². The number of piperazine rings is 1. The first kappa shape index (κ1) is 22.7. The minimum Gasteiger partial charge on any atom is -0.334 e. The lowest BCUT2D eigenvalue weighted by Crippen LogP contribution is -2.52. The molecule has 5 aliphatic rings. The SMILES string of the molecule is Cn1cc(S(=O)(=O)N2CCN(C(=O)c3nn(C45CC6CC(CC(C6)C4)C5)cc3[N+](=O)[O-])CC2)cn1. The van der Waals surface area contributed by atoms with E-state index in [9.17, 15) is 23.3 Å². The fourth-order valence-electron chi connectivity index (χ4n) is 7.20. The number of carbonyl (C=O) groups is 1. The topological polar surface area (TPSA) is 136 Å². The van der Waals surface area contributed by atoms with E-state index >= 15 is 0 Å². The second-order valence-corrected chi connectivity index (χ2v) is 12.7. The van der Waals surface area contributed by atoms with Crippen LogP contribution in [0.15, 0.2) is 23.5 Å². The predicted molar refractivity (Wildman–Crippen MR) is 123 cm³/mol. The van der Waals surface area contributed by atoms with Gasteiger partial charge in [0.2, 0.25) is 15.7 Å². The number of aromatic nitrogens is 4. The highest BCUT2D eigenvalue weighted by atomic mass is 32.2. The van der Waals surface area contributed by atoms with Crippen molar-refractivity contribution in [2.75, 3.05) is 26.2 Å². The maximum Gasteiger partial charge on any atom is 0.320 e. The van der Waals surface area contributed by atoms with Crippen molar-refractivity contribution in [2.45, 2.75) is 49.0 Å². The Morgan fingerprint density at radius 1 is 1.06 bits per heavy atom. The van der Waals surface area contributed by atoms with Crippen molar-refractivity contribution in [1.29, 1.82) is 0 Å². The molecule has 7 rings (SSSR count). The normalized spacial score (nSPS) is 30.7. The molecular weight excluding hydrogens is 474 g/mol. The molecule has 1 amide bonds. The Kier molecular flexibility index (Phi) is 5.08. The lowest BCUT2D eigenvalue weighted by atomic mass is 9.53. The average molecular weight is 504 g/mol. The molecule has 0 N–H and O–H groups in total. The molecule has 188 valence electrons. The van der Waals surface area contributed by atoms with Crippen LogP contribution in [0.1, 0.15) is 49.0 Å². The molecular formula is C22H29N7O5S. The van der Waals surface area contributed by atoms with Gasteiger partial charge in [-0.3, -0.25) is 24.3 Å². The van der Waals surface area contributed by atoms with Crippen molar-refractivity contribution in [3.8, 4) is 0 Å². The number of carbonyl (C=O) groups excluding carboxylic acids is 1. The standard InChI is InChI=1S/C22H29N7O5S/c1-25-13-18(12-23-25)35(33,34)27-4-2-26(3-5-27)21(30)20-19(29(31)32)14-28(24-20)22-9-15-6-16(10-22)8-17(7-15)11-22/h12-17H,2-11H2,1H3. The van der Waals surface area contributed by atoms with Gasteiger partial charge in [-0.1, -0.05) is 0 Å². The number of hydrogen-bond donors (Lipinski definition) is 0. The predicted octanol–water partition coefficient (Wildman–Crippen LogP) is 1.60. The number of amides is 1. The van der Waals surface area contributed by atoms with E-state index in [0.29, 0.717) is 17.8 Å². The molecule has 4 bridgehead atoms. The van der Waals surface area contributed by atoms with E-state index in [1.165, 1.54) is 51.7 Å². The monoisotopic (exact) mass is 503 g/mol. The molecule has 4 saturated carbocycles. The summed E-state index contributed by atoms with van der Waals surface area (Å²) in [7, 11) is -2.07. The van der Waals surface area contributed by atoms with Crippen LogP contribution < -0.4 is 0 Å². The fourth-order valence-corrected chi connectivity index (χ4v) is 8.61. The van der Waals surface area contributed by atoms with Crippen LogP contribution >= 0.6 is 0 Å². The summed E-state index contributed by atoms with van der Waals surface area (Å²) in [4.78, 5) is 26.3. The van der Waals surface area contributed by atoms with Crippen molar-refractivity contribution >= 4 is 21.6 Å². The molecule has 0 unspecified atom stereocenters. The lowest BCUT2D eigenvalue weighted by Gasteiger charge is -2.56. The highest BCUT2D eigenvalue weighted by Crippen LogP contribution is 2.58. The number of aryl methyl sites for hydroxylation is 1. The zero-order valence-corrected chi connectivity index (χ0v) is 20.4. The molecule has 1 saturated heterocycles. The summed E-state index contributed by atoms with van der Waals surface area (Å²) in [5.41, 5.74) is -0.639. The van der Waals surface area contributed by atoms with Crippen molar-refractivity contribution in [1.82, 2.24) is 28.8 Å². The summed E-state index contributed by atoms with van der Waals surface area (Å²) in [5, 5.41) is 20.4. The second-order valence-electron chi connectivity index (χ2n) is 10.8. The minimum atomic E-state index is -3.71. The van der Waals surface area contributed by atoms with Gasteiger partial charge in [-0.25, -0.2) is 8.42 Å². The van der Waals surface area contributed by atoms with E-state index in [0.717, 1.165) is 19.3 Å². The van der Waals surface area contributed by atoms with Crippen LogP contribution in [0.2, 0.25) is 0 Å². The number of nitro groups is 1. The number of nitrogens with zero attached hydrogens (tertiary/aromatic N) is 7. The first-order chi connectivity index (χ1) is 16.6. The van der Waals surface area contributed by atoms with Gasteiger partial charge in [0.05, 0.1) is 16.7 Å². The van der Waals surface area contributed by atoms with Gasteiger partial charge in [-0.2, -0.15) is 14.5 Å². The fraction of sp³-hybridized carbons (Fsp3) is 0.682. The van der Waals surface area contributed by atoms with E-state index in [-0.39, 0.29) is 48.0 Å². The van der Waals surface area contributed by atoms with Crippen LogP contribution in [0.3, 0.4) is 0 Å². The van der Waals surface area contributed by atoms with Crippen LogP contribution in [0.25, 0.3) is 0 Å². The van der Waals surface area contributed by atoms with Crippen molar-refractivity contribution in [2.24, 2.45) is 24.8 Å². The molecule has 35 heavy (non-hydrogen) atoms. The van der Waals surface area contributed by atoms with Gasteiger partial charge < -0.3 is 4.90 Å². The highest BCUT2D eigenvalue weighted by Gasteiger charge is 2.53. The van der Waals surface area contributed by atoms with Gasteiger partial charge in [0.1, 0.15) is 11.1 Å². The smallest absolute Gasteiger partial charge is 0.320 e. The zero-order valence-electron chi connectivity index (χ0n) is 19.6. The van der Waals surface area contributed by atoms with Gasteiger partial charge in [0, 0.05) is 39.4 Å². The Bertz CT molecular complexity index is 1260. The molecule has 13 heteroatoms. The molecule has 5 fully saturated rings. The van der Waals surface area contributed by atoms with Gasteiger partial charge in [0.15, 0.2) is 0 Å². The third-order valence-corrected chi connectivity index (χ3v) is 10.3. The third kappa shape index (κ3) is 3.66. The molecule has 3 heterocycles. The average Bonchev–Trinajstić information content (AvgIpc) is 3.46. The molecule has 4 aliphatic carbocycles. The quantitative estimate of drug-likeness (QED) is 0.446. The van der Waals surface area contributed by atoms with Crippen molar-refractivity contribution in [3.63, 3.8) is 0 Å². The van der Waals surface area contributed by atoms with E-state index in [4.69, 9.17) is 0 Å². The molecule has 1 aliphatic heterocycles. The molecule has 0 atom stereocenters. The van der Waals surface area contributed by atoms with Gasteiger partial charge >= 0.3 is 5.69 Å². The molecule has 0 aromatic carbocycles. The first-order valence-corrected chi connectivity index (χ1v) is 13.6. The molecule has 0 spiro atoms. The Morgan fingerprint density at radius 2 is 1.66 bits per heavy atom. The van der Waals surface area contributed by atoms with Crippen LogP contribution in [-0.2, 0) is 22.6 Å². The van der Waals surface area contributed by atoms with Gasteiger partial charge in [0.25, 0.3) is 5.91 Å². The Labute approximate surface area is 203 Å². The number of sulfonamides is 1. The van der Waals surface area contributed by atoms with Crippen LogP contribution in [0.4, 0.5) is 5.69 Å². The van der Waals surface area contributed by atoms with Crippen molar-refractivity contribution in [3.05, 3.63) is 34.4 Å². The summed E-state index contributed by atoms with van der Waals surface area (Å²) in [6.45, 7) is 0.484. The van der Waals surface area contributed by atoms with E-state index < -0.39 is 20.9 Å². The largest absolute Gasteiger partial charge is 0.334 e. The maximum atomic E-state index is 13.4. The van der Waals surface area contributed by atoms with Gasteiger partial charge in [-0.15, -0.1) is 0 Å². The molecule has 12 nitrogen and oxygen atoms in total. The third-order valence-electron chi connectivity index (χ3n) is 8.43. The van der Waals surface area contributed by atoms with E-state index in [1.54, 1.807) is 11.7 Å². The zero-order chi connectivity index (χ0) is 24.5. The Morgan fingerprint density at radius 3 is 2.17 bits per heavy atom. The lowest BCUT2D eigenvalue weighted by molar-refractivity contribution is -0.385. The molecule has 2 aromatic rings.